The highest BCUT2D eigenvalue weighted by molar-refractivity contribution is 5.97. The molecule has 6 nitrogen and oxygen atoms in total. The molecule has 6 heteroatoms. The van der Waals surface area contributed by atoms with Crippen molar-refractivity contribution >= 4 is 17.5 Å². The molecule has 1 aliphatic heterocycles. The third-order valence-corrected chi connectivity index (χ3v) is 3.77. The van der Waals surface area contributed by atoms with Crippen LogP contribution in [0.4, 0.5) is 5.69 Å². The van der Waals surface area contributed by atoms with E-state index in [1.807, 2.05) is 19.3 Å². The first kappa shape index (κ1) is 14.3. The Morgan fingerprint density at radius 3 is 2.95 bits per heavy atom. The summed E-state index contributed by atoms with van der Waals surface area (Å²) < 4.78 is 1.72. The molecule has 2 heterocycles. The van der Waals surface area contributed by atoms with Crippen molar-refractivity contribution in [2.75, 3.05) is 12.4 Å². The third-order valence-electron chi connectivity index (χ3n) is 3.77. The number of benzene rings is 1. The van der Waals surface area contributed by atoms with Crippen LogP contribution in [0.5, 0.6) is 0 Å². The standard InChI is InChI=1S/C16H18N4O2/c1-19(9-11-8-17-20(2)10-11)16(22)13-3-5-14-12(7-13)4-6-15(21)18-14/h3,5,7-8,10H,4,6,9H2,1-2H3,(H,18,21). The fourth-order valence-electron chi connectivity index (χ4n) is 2.64. The quantitative estimate of drug-likeness (QED) is 0.935. The average molecular weight is 298 g/mol. The fraction of sp³-hybridized carbons (Fsp3) is 0.312. The molecule has 0 saturated carbocycles. The fourth-order valence-corrected chi connectivity index (χ4v) is 2.64. The van der Waals surface area contributed by atoms with Crippen LogP contribution >= 0.6 is 0 Å². The van der Waals surface area contributed by atoms with Crippen molar-refractivity contribution in [3.05, 3.63) is 47.3 Å². The highest BCUT2D eigenvalue weighted by Gasteiger charge is 2.18. The summed E-state index contributed by atoms with van der Waals surface area (Å²) in [5.41, 5.74) is 3.45. The molecule has 0 unspecified atom stereocenters. The topological polar surface area (TPSA) is 67.2 Å². The van der Waals surface area contributed by atoms with Crippen molar-refractivity contribution in [1.82, 2.24) is 14.7 Å². The van der Waals surface area contributed by atoms with E-state index in [9.17, 15) is 9.59 Å². The Labute approximate surface area is 128 Å². The van der Waals surface area contributed by atoms with E-state index >= 15 is 0 Å². The number of rotatable bonds is 3. The predicted octanol–water partition coefficient (Wildman–Crippen LogP) is 1.58. The van der Waals surface area contributed by atoms with Crippen LogP contribution in [0.1, 0.15) is 27.9 Å². The zero-order valence-electron chi connectivity index (χ0n) is 12.7. The van der Waals surface area contributed by atoms with Gasteiger partial charge in [0.15, 0.2) is 0 Å². The Hall–Kier alpha value is -2.63. The minimum atomic E-state index is -0.0384. The Bertz CT molecular complexity index is 735. The Morgan fingerprint density at radius 2 is 2.23 bits per heavy atom. The lowest BCUT2D eigenvalue weighted by Crippen LogP contribution is -2.26. The van der Waals surface area contributed by atoms with Gasteiger partial charge in [-0.15, -0.1) is 0 Å². The molecule has 0 atom stereocenters. The van der Waals surface area contributed by atoms with Crippen LogP contribution in [-0.2, 0) is 24.8 Å². The van der Waals surface area contributed by atoms with Crippen LogP contribution < -0.4 is 5.32 Å². The lowest BCUT2D eigenvalue weighted by molar-refractivity contribution is -0.116. The van der Waals surface area contributed by atoms with Gasteiger partial charge in [0.2, 0.25) is 5.91 Å². The van der Waals surface area contributed by atoms with E-state index in [-0.39, 0.29) is 11.8 Å². The van der Waals surface area contributed by atoms with Crippen molar-refractivity contribution in [2.45, 2.75) is 19.4 Å². The number of hydrogen-bond donors (Lipinski definition) is 1. The van der Waals surface area contributed by atoms with Crippen molar-refractivity contribution in [3.63, 3.8) is 0 Å². The van der Waals surface area contributed by atoms with Gasteiger partial charge in [-0.05, 0) is 30.2 Å². The van der Waals surface area contributed by atoms with Crippen LogP contribution in [-0.4, -0.2) is 33.5 Å². The molecule has 114 valence electrons. The van der Waals surface area contributed by atoms with Crippen molar-refractivity contribution in [1.29, 1.82) is 0 Å². The van der Waals surface area contributed by atoms with Crippen LogP contribution in [0.15, 0.2) is 30.6 Å². The molecule has 0 spiro atoms. The molecule has 22 heavy (non-hydrogen) atoms. The molecule has 0 radical (unpaired) electrons. The predicted molar refractivity (Wildman–Crippen MR) is 82.4 cm³/mol. The largest absolute Gasteiger partial charge is 0.337 e. The molecule has 1 aromatic carbocycles. The van der Waals surface area contributed by atoms with Gasteiger partial charge in [0.25, 0.3) is 5.91 Å². The number of carbonyl (C=O) groups excluding carboxylic acids is 2. The molecule has 2 amide bonds. The molecular weight excluding hydrogens is 280 g/mol. The van der Waals surface area contributed by atoms with Crippen LogP contribution in [0.3, 0.4) is 0 Å². The molecule has 3 rings (SSSR count). The molecule has 1 aliphatic rings. The van der Waals surface area contributed by atoms with Crippen LogP contribution in [0.2, 0.25) is 0 Å². The van der Waals surface area contributed by atoms with E-state index in [1.165, 1.54) is 0 Å². The molecular formula is C16H18N4O2. The number of hydrogen-bond acceptors (Lipinski definition) is 3. The first-order valence-corrected chi connectivity index (χ1v) is 7.18. The summed E-state index contributed by atoms with van der Waals surface area (Å²) in [6.45, 7) is 0.514. The van der Waals surface area contributed by atoms with Gasteiger partial charge >= 0.3 is 0 Å². The van der Waals surface area contributed by atoms with Gasteiger partial charge in [0.1, 0.15) is 0 Å². The molecule has 2 aromatic rings. The number of amides is 2. The number of fused-ring (bicyclic) bond motifs is 1. The van der Waals surface area contributed by atoms with Crippen molar-refractivity contribution in [2.24, 2.45) is 7.05 Å². The molecule has 0 fully saturated rings. The van der Waals surface area contributed by atoms with Gasteiger partial charge in [-0.25, -0.2) is 0 Å². The van der Waals surface area contributed by atoms with Gasteiger partial charge in [0, 0.05) is 50.1 Å². The molecule has 1 N–H and O–H groups in total. The van der Waals surface area contributed by atoms with E-state index in [0.29, 0.717) is 24.9 Å². The number of aromatic nitrogens is 2. The SMILES string of the molecule is CN(Cc1cnn(C)c1)C(=O)c1ccc2c(c1)CCC(=O)N2. The summed E-state index contributed by atoms with van der Waals surface area (Å²) in [7, 11) is 3.62. The maximum Gasteiger partial charge on any atom is 0.253 e. The summed E-state index contributed by atoms with van der Waals surface area (Å²) in [6.07, 6.45) is 4.79. The second-order valence-electron chi connectivity index (χ2n) is 5.60. The smallest absolute Gasteiger partial charge is 0.253 e. The first-order chi connectivity index (χ1) is 10.5. The van der Waals surface area contributed by atoms with E-state index in [1.54, 1.807) is 35.0 Å². The third kappa shape index (κ3) is 2.86. The first-order valence-electron chi connectivity index (χ1n) is 7.18. The number of nitrogens with one attached hydrogen (secondary N) is 1. The summed E-state index contributed by atoms with van der Waals surface area (Å²) in [4.78, 5) is 25.5. The molecule has 0 aliphatic carbocycles. The van der Waals surface area contributed by atoms with Gasteiger partial charge in [-0.1, -0.05) is 0 Å². The van der Waals surface area contributed by atoms with E-state index in [0.717, 1.165) is 16.8 Å². The monoisotopic (exact) mass is 298 g/mol. The lowest BCUT2D eigenvalue weighted by atomic mass is 10.00. The zero-order chi connectivity index (χ0) is 15.7. The van der Waals surface area contributed by atoms with Crippen molar-refractivity contribution < 1.29 is 9.59 Å². The average Bonchev–Trinajstić information content (AvgIpc) is 2.91. The van der Waals surface area contributed by atoms with E-state index < -0.39 is 0 Å². The number of anilines is 1. The second kappa shape index (κ2) is 5.63. The zero-order valence-corrected chi connectivity index (χ0v) is 12.7. The van der Waals surface area contributed by atoms with E-state index in [2.05, 4.69) is 10.4 Å². The van der Waals surface area contributed by atoms with Crippen molar-refractivity contribution in [3.8, 4) is 0 Å². The summed E-state index contributed by atoms with van der Waals surface area (Å²) in [5, 5.41) is 6.93. The maximum atomic E-state index is 12.5. The van der Waals surface area contributed by atoms with Crippen LogP contribution in [0.25, 0.3) is 0 Å². The minimum Gasteiger partial charge on any atom is -0.337 e. The van der Waals surface area contributed by atoms with E-state index in [4.69, 9.17) is 0 Å². The highest BCUT2D eigenvalue weighted by atomic mass is 16.2. The number of carbonyl (C=O) groups is 2. The van der Waals surface area contributed by atoms with Crippen LogP contribution in [0, 0.1) is 0 Å². The maximum absolute atomic E-state index is 12.5. The number of nitrogens with zero attached hydrogens (tertiary/aromatic N) is 3. The highest BCUT2D eigenvalue weighted by Crippen LogP contribution is 2.24. The van der Waals surface area contributed by atoms with Gasteiger partial charge < -0.3 is 10.2 Å². The molecule has 0 saturated heterocycles. The van der Waals surface area contributed by atoms with Gasteiger partial charge in [0.05, 0.1) is 6.20 Å². The van der Waals surface area contributed by atoms with Gasteiger partial charge in [-0.3, -0.25) is 14.3 Å². The Morgan fingerprint density at radius 1 is 1.41 bits per heavy atom. The Balaban J connectivity index is 1.75. The second-order valence-corrected chi connectivity index (χ2v) is 5.60. The number of aryl methyl sites for hydroxylation is 2. The Kier molecular flexibility index (Phi) is 3.66. The molecule has 1 aromatic heterocycles. The van der Waals surface area contributed by atoms with Gasteiger partial charge in [-0.2, -0.15) is 5.10 Å². The normalized spacial score (nSPS) is 13.5. The summed E-state index contributed by atoms with van der Waals surface area (Å²) in [6, 6.07) is 5.43. The molecule has 0 bridgehead atoms. The minimum absolute atomic E-state index is 0.0280. The lowest BCUT2D eigenvalue weighted by Gasteiger charge is -2.20. The summed E-state index contributed by atoms with van der Waals surface area (Å²) >= 11 is 0. The summed E-state index contributed by atoms with van der Waals surface area (Å²) in [5.74, 6) is -0.0103.